The maximum Gasteiger partial charge on any atom is 0.257 e. The third-order valence-corrected chi connectivity index (χ3v) is 6.03. The summed E-state index contributed by atoms with van der Waals surface area (Å²) in [6.45, 7) is 12.6. The van der Waals surface area contributed by atoms with Crippen molar-refractivity contribution in [2.45, 2.75) is 40.7 Å². The lowest BCUT2D eigenvalue weighted by Crippen LogP contribution is -2.49. The predicted molar refractivity (Wildman–Crippen MR) is 113 cm³/mol. The van der Waals surface area contributed by atoms with Crippen molar-refractivity contribution in [2.75, 3.05) is 26.2 Å². The number of nitrogens with zero attached hydrogens (tertiary/aromatic N) is 4. The van der Waals surface area contributed by atoms with Crippen LogP contribution in [0, 0.1) is 27.7 Å². The number of piperazine rings is 1. The molecule has 158 valence electrons. The molecule has 0 N–H and O–H groups in total. The van der Waals surface area contributed by atoms with Crippen LogP contribution in [0.1, 0.15) is 51.9 Å². The number of amides is 1. The second-order valence-corrected chi connectivity index (χ2v) is 8.04. The number of hydrogen-bond donors (Lipinski definition) is 0. The van der Waals surface area contributed by atoms with Crippen molar-refractivity contribution < 1.29 is 13.7 Å². The van der Waals surface area contributed by atoms with E-state index in [0.717, 1.165) is 30.0 Å². The number of carbonyl (C=O) groups is 1. The lowest BCUT2D eigenvalue weighted by Gasteiger charge is -2.36. The Hall–Kier alpha value is -2.93. The van der Waals surface area contributed by atoms with E-state index in [1.54, 1.807) is 0 Å². The Morgan fingerprint density at radius 3 is 2.27 bits per heavy atom. The number of aryl methyl sites for hydroxylation is 3. The lowest BCUT2D eigenvalue weighted by atomic mass is 10.1. The zero-order valence-corrected chi connectivity index (χ0v) is 18.2. The van der Waals surface area contributed by atoms with Gasteiger partial charge >= 0.3 is 0 Å². The molecule has 0 spiro atoms. The summed E-state index contributed by atoms with van der Waals surface area (Å²) in [5, 5.41) is 4.15. The van der Waals surface area contributed by atoms with Gasteiger partial charge in [0.05, 0.1) is 11.6 Å². The van der Waals surface area contributed by atoms with Crippen molar-refractivity contribution in [2.24, 2.45) is 0 Å². The van der Waals surface area contributed by atoms with Crippen LogP contribution in [-0.4, -0.2) is 52.0 Å². The predicted octanol–water partition coefficient (Wildman–Crippen LogP) is 4.08. The van der Waals surface area contributed by atoms with Crippen molar-refractivity contribution in [3.63, 3.8) is 0 Å². The molecule has 2 aromatic heterocycles. The molecule has 0 aliphatic carbocycles. The van der Waals surface area contributed by atoms with E-state index in [1.807, 2.05) is 56.9 Å². The van der Waals surface area contributed by atoms with Gasteiger partial charge in [-0.2, -0.15) is 4.98 Å². The highest BCUT2D eigenvalue weighted by Gasteiger charge is 2.30. The lowest BCUT2D eigenvalue weighted by molar-refractivity contribution is 0.0549. The molecular weight excluding hydrogens is 380 g/mol. The van der Waals surface area contributed by atoms with E-state index < -0.39 is 0 Å². The maximum atomic E-state index is 13.0. The molecule has 1 saturated heterocycles. The summed E-state index contributed by atoms with van der Waals surface area (Å²) in [6.07, 6.45) is 0. The first-order chi connectivity index (χ1) is 14.3. The van der Waals surface area contributed by atoms with Crippen molar-refractivity contribution in [1.82, 2.24) is 19.9 Å². The van der Waals surface area contributed by atoms with E-state index in [-0.39, 0.29) is 11.9 Å². The molecule has 30 heavy (non-hydrogen) atoms. The van der Waals surface area contributed by atoms with Crippen LogP contribution in [0.5, 0.6) is 0 Å². The van der Waals surface area contributed by atoms with Gasteiger partial charge in [-0.15, -0.1) is 0 Å². The van der Waals surface area contributed by atoms with Crippen LogP contribution in [0.3, 0.4) is 0 Å². The monoisotopic (exact) mass is 408 g/mol. The minimum absolute atomic E-state index is 0.00593. The smallest absolute Gasteiger partial charge is 0.257 e. The van der Waals surface area contributed by atoms with Gasteiger partial charge in [-0.1, -0.05) is 35.0 Å². The van der Waals surface area contributed by atoms with Crippen molar-refractivity contribution >= 4 is 5.91 Å². The molecule has 7 nitrogen and oxygen atoms in total. The van der Waals surface area contributed by atoms with E-state index in [1.165, 1.54) is 5.56 Å². The van der Waals surface area contributed by atoms with E-state index in [0.29, 0.717) is 36.1 Å². The minimum Gasteiger partial charge on any atom is -0.466 e. The van der Waals surface area contributed by atoms with Gasteiger partial charge in [0.25, 0.3) is 5.91 Å². The van der Waals surface area contributed by atoms with Crippen molar-refractivity contribution in [3.05, 3.63) is 58.4 Å². The molecule has 1 aliphatic heterocycles. The zero-order valence-electron chi connectivity index (χ0n) is 18.2. The number of aromatic nitrogens is 2. The summed E-state index contributed by atoms with van der Waals surface area (Å²) in [4.78, 5) is 21.8. The minimum atomic E-state index is -0.00593. The van der Waals surface area contributed by atoms with Gasteiger partial charge in [0, 0.05) is 37.3 Å². The molecule has 1 fully saturated rings. The molecule has 0 bridgehead atoms. The maximum absolute atomic E-state index is 13.0. The Kier molecular flexibility index (Phi) is 5.47. The van der Waals surface area contributed by atoms with Crippen LogP contribution < -0.4 is 0 Å². The average molecular weight is 409 g/mol. The summed E-state index contributed by atoms with van der Waals surface area (Å²) >= 11 is 0. The molecule has 7 heteroatoms. The first kappa shape index (κ1) is 20.3. The largest absolute Gasteiger partial charge is 0.466 e. The zero-order chi connectivity index (χ0) is 21.4. The molecule has 3 aromatic rings. The van der Waals surface area contributed by atoms with Crippen LogP contribution >= 0.6 is 0 Å². The van der Waals surface area contributed by atoms with Crippen molar-refractivity contribution in [1.29, 1.82) is 0 Å². The molecule has 1 amide bonds. The Morgan fingerprint density at radius 1 is 1.00 bits per heavy atom. The number of rotatable bonds is 4. The Bertz CT molecular complexity index is 1040. The molecule has 3 heterocycles. The normalized spacial score (nSPS) is 16.1. The third kappa shape index (κ3) is 3.77. The highest BCUT2D eigenvalue weighted by molar-refractivity contribution is 5.97. The summed E-state index contributed by atoms with van der Waals surface area (Å²) < 4.78 is 11.2. The quantitative estimate of drug-likeness (QED) is 0.647. The topological polar surface area (TPSA) is 75.6 Å². The Balaban J connectivity index is 1.40. The van der Waals surface area contributed by atoms with Crippen LogP contribution in [0.25, 0.3) is 11.4 Å². The Labute approximate surface area is 176 Å². The fourth-order valence-electron chi connectivity index (χ4n) is 3.96. The molecule has 1 aromatic carbocycles. The van der Waals surface area contributed by atoms with Gasteiger partial charge in [-0.25, -0.2) is 0 Å². The third-order valence-electron chi connectivity index (χ3n) is 6.03. The highest BCUT2D eigenvalue weighted by atomic mass is 16.5. The van der Waals surface area contributed by atoms with Crippen LogP contribution in [0.2, 0.25) is 0 Å². The second kappa shape index (κ2) is 8.07. The fraction of sp³-hybridized carbons (Fsp3) is 0.435. The van der Waals surface area contributed by atoms with Gasteiger partial charge in [-0.05, 0) is 34.6 Å². The number of hydrogen-bond acceptors (Lipinski definition) is 6. The SMILES string of the molecule is Cc1ccc(-c2noc(C(C)N3CCN(C(=O)c4c(C)oc(C)c4C)CC3)n2)cc1. The average Bonchev–Trinajstić information content (AvgIpc) is 3.33. The summed E-state index contributed by atoms with van der Waals surface area (Å²) in [5.74, 6) is 2.76. The molecule has 1 atom stereocenters. The van der Waals surface area contributed by atoms with Gasteiger partial charge in [0.1, 0.15) is 11.5 Å². The molecule has 1 aliphatic rings. The first-order valence-electron chi connectivity index (χ1n) is 10.4. The van der Waals surface area contributed by atoms with Crippen LogP contribution in [-0.2, 0) is 0 Å². The summed E-state index contributed by atoms with van der Waals surface area (Å²) in [6, 6.07) is 8.07. The number of carbonyl (C=O) groups excluding carboxylic acids is 1. The van der Waals surface area contributed by atoms with E-state index in [9.17, 15) is 4.79 Å². The molecule has 1 unspecified atom stereocenters. The van der Waals surface area contributed by atoms with Gasteiger partial charge < -0.3 is 13.8 Å². The van der Waals surface area contributed by atoms with E-state index in [2.05, 4.69) is 22.0 Å². The Morgan fingerprint density at radius 2 is 1.67 bits per heavy atom. The van der Waals surface area contributed by atoms with E-state index in [4.69, 9.17) is 8.94 Å². The molecule has 0 radical (unpaired) electrons. The second-order valence-electron chi connectivity index (χ2n) is 8.04. The highest BCUT2D eigenvalue weighted by Crippen LogP contribution is 2.26. The fourth-order valence-corrected chi connectivity index (χ4v) is 3.96. The molecule has 4 rings (SSSR count). The summed E-state index contributed by atoms with van der Waals surface area (Å²) in [5.41, 5.74) is 3.77. The van der Waals surface area contributed by atoms with Crippen LogP contribution in [0.15, 0.2) is 33.2 Å². The van der Waals surface area contributed by atoms with Gasteiger partial charge in [0.15, 0.2) is 0 Å². The number of furan rings is 1. The molecular formula is C23H28N4O3. The summed E-state index contributed by atoms with van der Waals surface area (Å²) in [7, 11) is 0. The standard InChI is InChI=1S/C23H28N4O3/c1-14-6-8-19(9-7-14)21-24-22(30-25-21)16(3)26-10-12-27(13-11-26)23(28)20-15(2)17(4)29-18(20)5/h6-9,16H,10-13H2,1-5H3. The first-order valence-corrected chi connectivity index (χ1v) is 10.4. The van der Waals surface area contributed by atoms with Crippen molar-refractivity contribution in [3.8, 4) is 11.4 Å². The van der Waals surface area contributed by atoms with Gasteiger partial charge in [-0.3, -0.25) is 9.69 Å². The van der Waals surface area contributed by atoms with Crippen LogP contribution in [0.4, 0.5) is 0 Å². The number of benzene rings is 1. The molecule has 0 saturated carbocycles. The van der Waals surface area contributed by atoms with E-state index >= 15 is 0 Å². The van der Waals surface area contributed by atoms with Gasteiger partial charge in [0.2, 0.25) is 11.7 Å².